The van der Waals surface area contributed by atoms with Crippen molar-refractivity contribution >= 4 is 29.0 Å². The Morgan fingerprint density at radius 3 is 2.35 bits per heavy atom. The molecule has 0 saturated carbocycles. The van der Waals surface area contributed by atoms with Gasteiger partial charge < -0.3 is 4.74 Å². The molecule has 0 unspecified atom stereocenters. The van der Waals surface area contributed by atoms with E-state index in [4.69, 9.17) is 27.9 Å². The van der Waals surface area contributed by atoms with Gasteiger partial charge in [0, 0.05) is 15.6 Å². The highest BCUT2D eigenvalue weighted by molar-refractivity contribution is 6.34. The summed E-state index contributed by atoms with van der Waals surface area (Å²) in [6.07, 6.45) is 1.02. The summed E-state index contributed by atoms with van der Waals surface area (Å²) in [5.74, 6) is 1.26. The van der Waals surface area contributed by atoms with E-state index in [1.807, 2.05) is 20.8 Å². The van der Waals surface area contributed by atoms with Crippen LogP contribution in [0.5, 0.6) is 11.6 Å². The lowest BCUT2D eigenvalue weighted by Crippen LogP contribution is -2.06. The molecule has 0 radical (unpaired) electrons. The van der Waals surface area contributed by atoms with Crippen molar-refractivity contribution in [2.45, 2.75) is 46.6 Å². The third kappa shape index (κ3) is 4.27. The average Bonchev–Trinajstić information content (AvgIpc) is 2.74. The Kier molecular flexibility index (Phi) is 5.71. The fourth-order valence-electron chi connectivity index (χ4n) is 2.39. The Bertz CT molecular complexity index is 703. The zero-order chi connectivity index (χ0) is 17.1. The minimum Gasteiger partial charge on any atom is -0.439 e. The minimum absolute atomic E-state index is 0.0745. The van der Waals surface area contributed by atoms with E-state index in [0.29, 0.717) is 28.1 Å². The molecule has 0 saturated heterocycles. The molecular formula is C17H20Cl2N2O2. The van der Waals surface area contributed by atoms with Crippen LogP contribution in [0.15, 0.2) is 18.2 Å². The van der Waals surface area contributed by atoms with Crippen LogP contribution in [-0.4, -0.2) is 15.6 Å². The topological polar surface area (TPSA) is 44.1 Å². The summed E-state index contributed by atoms with van der Waals surface area (Å²) >= 11 is 12.1. The van der Waals surface area contributed by atoms with Crippen molar-refractivity contribution < 1.29 is 9.53 Å². The van der Waals surface area contributed by atoms with Gasteiger partial charge in [-0.2, -0.15) is 5.10 Å². The number of carbonyl (C=O) groups excluding carboxylic acids is 1. The molecule has 0 bridgehead atoms. The minimum atomic E-state index is 0.0745. The van der Waals surface area contributed by atoms with Crippen LogP contribution in [0, 0.1) is 0 Å². The highest BCUT2D eigenvalue weighted by atomic mass is 35.5. The van der Waals surface area contributed by atoms with Crippen LogP contribution < -0.4 is 4.74 Å². The molecular weight excluding hydrogens is 335 g/mol. The maximum Gasteiger partial charge on any atom is 0.221 e. The van der Waals surface area contributed by atoms with Crippen molar-refractivity contribution in [2.24, 2.45) is 0 Å². The van der Waals surface area contributed by atoms with Crippen molar-refractivity contribution in [1.29, 1.82) is 0 Å². The standard InChI is InChI=1S/C17H20Cl2N2O2/c1-5-15-16(6-11(4)22)20-21(10(2)3)17(15)23-14-8-12(18)7-13(19)9-14/h7-10H,5-6H2,1-4H3. The SMILES string of the molecule is CCc1c(CC(C)=O)nn(C(C)C)c1Oc1cc(Cl)cc(Cl)c1. The van der Waals surface area contributed by atoms with E-state index in [1.54, 1.807) is 29.8 Å². The lowest BCUT2D eigenvalue weighted by molar-refractivity contribution is -0.116. The Balaban J connectivity index is 2.50. The Hall–Kier alpha value is -1.52. The van der Waals surface area contributed by atoms with Gasteiger partial charge in [0.25, 0.3) is 0 Å². The van der Waals surface area contributed by atoms with Gasteiger partial charge in [0.1, 0.15) is 11.5 Å². The summed E-state index contributed by atoms with van der Waals surface area (Å²) in [6.45, 7) is 7.61. The summed E-state index contributed by atoms with van der Waals surface area (Å²) in [4.78, 5) is 11.5. The normalized spacial score (nSPS) is 11.1. The molecule has 124 valence electrons. The van der Waals surface area contributed by atoms with E-state index in [0.717, 1.165) is 17.7 Å². The van der Waals surface area contributed by atoms with Gasteiger partial charge in [0.15, 0.2) is 0 Å². The van der Waals surface area contributed by atoms with Crippen molar-refractivity contribution in [3.05, 3.63) is 39.5 Å². The smallest absolute Gasteiger partial charge is 0.221 e. The van der Waals surface area contributed by atoms with E-state index in [9.17, 15) is 4.79 Å². The van der Waals surface area contributed by atoms with Gasteiger partial charge in [0.2, 0.25) is 5.88 Å². The fraction of sp³-hybridized carbons (Fsp3) is 0.412. The maximum atomic E-state index is 11.5. The quantitative estimate of drug-likeness (QED) is 0.710. The second-order valence-corrected chi connectivity index (χ2v) is 6.58. The van der Waals surface area contributed by atoms with Crippen molar-refractivity contribution in [3.63, 3.8) is 0 Å². The van der Waals surface area contributed by atoms with Gasteiger partial charge in [-0.15, -0.1) is 0 Å². The summed E-state index contributed by atoms with van der Waals surface area (Å²) in [5, 5.41) is 5.58. The Morgan fingerprint density at radius 2 is 1.87 bits per heavy atom. The molecule has 0 aliphatic heterocycles. The van der Waals surface area contributed by atoms with Crippen LogP contribution in [0.1, 0.15) is 45.0 Å². The first-order valence-corrected chi connectivity index (χ1v) is 8.31. The molecule has 0 aliphatic carbocycles. The molecule has 0 amide bonds. The average molecular weight is 355 g/mol. The van der Waals surface area contributed by atoms with Gasteiger partial charge in [-0.05, 0) is 45.4 Å². The van der Waals surface area contributed by atoms with Gasteiger partial charge in [-0.3, -0.25) is 4.79 Å². The molecule has 1 aromatic carbocycles. The highest BCUT2D eigenvalue weighted by Crippen LogP contribution is 2.33. The van der Waals surface area contributed by atoms with Crippen molar-refractivity contribution in [3.8, 4) is 11.6 Å². The molecule has 0 spiro atoms. The Labute approximate surface area is 146 Å². The molecule has 2 aromatic rings. The number of hydrogen-bond acceptors (Lipinski definition) is 3. The lowest BCUT2D eigenvalue weighted by atomic mass is 10.1. The van der Waals surface area contributed by atoms with E-state index >= 15 is 0 Å². The van der Waals surface area contributed by atoms with E-state index in [1.165, 1.54) is 0 Å². The second-order valence-electron chi connectivity index (χ2n) is 5.71. The first kappa shape index (κ1) is 17.8. The van der Waals surface area contributed by atoms with E-state index in [2.05, 4.69) is 5.10 Å². The molecule has 23 heavy (non-hydrogen) atoms. The summed E-state index contributed by atoms with van der Waals surface area (Å²) < 4.78 is 7.83. The largest absolute Gasteiger partial charge is 0.439 e. The van der Waals surface area contributed by atoms with Crippen LogP contribution in [0.3, 0.4) is 0 Å². The molecule has 4 nitrogen and oxygen atoms in total. The molecule has 6 heteroatoms. The summed E-state index contributed by atoms with van der Waals surface area (Å²) in [7, 11) is 0. The number of nitrogens with zero attached hydrogens (tertiary/aromatic N) is 2. The third-order valence-electron chi connectivity index (χ3n) is 3.35. The first-order chi connectivity index (χ1) is 10.8. The number of rotatable bonds is 6. The van der Waals surface area contributed by atoms with Gasteiger partial charge in [-0.1, -0.05) is 30.1 Å². The lowest BCUT2D eigenvalue weighted by Gasteiger charge is -2.13. The number of carbonyl (C=O) groups is 1. The van der Waals surface area contributed by atoms with Crippen LogP contribution in [0.2, 0.25) is 10.0 Å². The number of halogens is 2. The maximum absolute atomic E-state index is 11.5. The molecule has 0 fully saturated rings. The monoisotopic (exact) mass is 354 g/mol. The highest BCUT2D eigenvalue weighted by Gasteiger charge is 2.21. The second kappa shape index (κ2) is 7.37. The molecule has 0 atom stereocenters. The molecule has 1 aromatic heterocycles. The number of benzene rings is 1. The predicted octanol–water partition coefficient (Wildman–Crippen LogP) is 5.26. The fourth-order valence-corrected chi connectivity index (χ4v) is 2.89. The first-order valence-electron chi connectivity index (χ1n) is 7.55. The summed E-state index contributed by atoms with van der Waals surface area (Å²) in [6, 6.07) is 5.16. The Morgan fingerprint density at radius 1 is 1.26 bits per heavy atom. The van der Waals surface area contributed by atoms with E-state index < -0.39 is 0 Å². The zero-order valence-corrected chi connectivity index (χ0v) is 15.2. The van der Waals surface area contributed by atoms with Gasteiger partial charge >= 0.3 is 0 Å². The van der Waals surface area contributed by atoms with E-state index in [-0.39, 0.29) is 11.8 Å². The molecule has 0 N–H and O–H groups in total. The molecule has 1 heterocycles. The molecule has 2 rings (SSSR count). The number of Topliss-reactive ketones (excluding diaryl/α,β-unsaturated/α-hetero) is 1. The van der Waals surface area contributed by atoms with Gasteiger partial charge in [0.05, 0.1) is 18.2 Å². The van der Waals surface area contributed by atoms with Crippen LogP contribution in [0.4, 0.5) is 0 Å². The third-order valence-corrected chi connectivity index (χ3v) is 3.79. The summed E-state index contributed by atoms with van der Waals surface area (Å²) in [5.41, 5.74) is 1.70. The zero-order valence-electron chi connectivity index (χ0n) is 13.7. The number of ether oxygens (including phenoxy) is 1. The van der Waals surface area contributed by atoms with Crippen LogP contribution in [0.25, 0.3) is 0 Å². The number of aromatic nitrogens is 2. The number of hydrogen-bond donors (Lipinski definition) is 0. The number of ketones is 1. The van der Waals surface area contributed by atoms with Crippen molar-refractivity contribution in [2.75, 3.05) is 0 Å². The molecule has 0 aliphatic rings. The van der Waals surface area contributed by atoms with Gasteiger partial charge in [-0.25, -0.2) is 4.68 Å². The van der Waals surface area contributed by atoms with Crippen LogP contribution >= 0.6 is 23.2 Å². The van der Waals surface area contributed by atoms with Crippen LogP contribution in [-0.2, 0) is 17.6 Å². The van der Waals surface area contributed by atoms with Crippen molar-refractivity contribution in [1.82, 2.24) is 9.78 Å². The predicted molar refractivity (Wildman–Crippen MR) is 92.9 cm³/mol.